The van der Waals surface area contributed by atoms with Crippen LogP contribution in [0, 0.1) is 0 Å². The van der Waals surface area contributed by atoms with E-state index in [1.165, 1.54) is 60.7 Å². The summed E-state index contributed by atoms with van der Waals surface area (Å²) in [6, 6.07) is 26.6. The number of hydrogen-bond acceptors (Lipinski definition) is 10. The van der Waals surface area contributed by atoms with Crippen molar-refractivity contribution in [2.75, 3.05) is 17.7 Å². The molecule has 0 saturated heterocycles. The number of aromatic hydroxyl groups is 2. The number of hydrogen-bond donors (Lipinski definition) is 7. The van der Waals surface area contributed by atoms with E-state index in [4.69, 9.17) is 4.74 Å². The highest BCUT2D eigenvalue weighted by Crippen LogP contribution is 2.27. The molecule has 0 fully saturated rings. The highest BCUT2D eigenvalue weighted by molar-refractivity contribution is 7.89. The molecule has 7 N–H and O–H groups in total. The van der Waals surface area contributed by atoms with Gasteiger partial charge in [0.25, 0.3) is 0 Å². The molecule has 3 atom stereocenters. The van der Waals surface area contributed by atoms with Crippen LogP contribution in [0.1, 0.15) is 24.0 Å². The van der Waals surface area contributed by atoms with Gasteiger partial charge in [-0.05, 0) is 112 Å². The number of ether oxygens (including phenoxy) is 1. The van der Waals surface area contributed by atoms with Gasteiger partial charge in [0.2, 0.25) is 20.0 Å². The van der Waals surface area contributed by atoms with Crippen LogP contribution in [0.4, 0.5) is 16.2 Å². The van der Waals surface area contributed by atoms with Crippen LogP contribution in [0.25, 0.3) is 21.5 Å². The van der Waals surface area contributed by atoms with Gasteiger partial charge in [-0.3, -0.25) is 9.59 Å². The first-order valence-corrected chi connectivity index (χ1v) is 20.6. The third kappa shape index (κ3) is 9.70. The Bertz CT molecular complexity index is 2740. The molecule has 6 aromatic rings. The summed E-state index contributed by atoms with van der Waals surface area (Å²) in [6.45, 7) is 1.56. The van der Waals surface area contributed by atoms with Crippen molar-refractivity contribution in [3.8, 4) is 11.5 Å². The molecule has 0 aliphatic rings. The Kier molecular flexibility index (Phi) is 12.0. The van der Waals surface area contributed by atoms with Gasteiger partial charge in [0.05, 0.1) is 16.9 Å². The SMILES string of the molecule is COC(=O)[C@H](Cc1ccc(O)cc1)NS(=O)(=O)c1ccc2ccc(NC(=O)Nc3ccc4ccc(S(=O)(=O)N[C@H](C(=O)O)C(C)c5ccc(O)cc5)cc4c3)cc2c1. The molecule has 1 unspecified atom stereocenters. The number of phenolic OH excluding ortho intramolecular Hbond substituents is 2. The molecule has 0 saturated carbocycles. The van der Waals surface area contributed by atoms with E-state index in [9.17, 15) is 46.5 Å². The Hall–Kier alpha value is -6.53. The Labute approximate surface area is 333 Å². The summed E-state index contributed by atoms with van der Waals surface area (Å²) in [7, 11) is -7.44. The minimum atomic E-state index is -4.34. The van der Waals surface area contributed by atoms with Crippen LogP contribution in [0.5, 0.6) is 11.5 Å². The monoisotopic (exact) mass is 826 g/mol. The second kappa shape index (κ2) is 16.9. The van der Waals surface area contributed by atoms with Crippen molar-refractivity contribution in [3.05, 3.63) is 132 Å². The Morgan fingerprint density at radius 1 is 0.621 bits per heavy atom. The Morgan fingerprint density at radius 3 is 1.57 bits per heavy atom. The average molecular weight is 827 g/mol. The van der Waals surface area contributed by atoms with E-state index in [1.807, 2.05) is 0 Å². The van der Waals surface area contributed by atoms with Gasteiger partial charge >= 0.3 is 18.0 Å². The zero-order valence-corrected chi connectivity index (χ0v) is 32.5. The van der Waals surface area contributed by atoms with Gasteiger partial charge in [-0.1, -0.05) is 55.5 Å². The van der Waals surface area contributed by atoms with Crippen molar-refractivity contribution in [1.82, 2.24) is 9.44 Å². The standard InChI is InChI=1S/C41H38N4O11S2/c1-24(26-7-15-34(47)16-8-26)38(39(48)49)45-58(54,55)36-18-10-28-6-12-32(21-30(28)23-36)43-41(51)42-31-11-5-27-9-17-35(22-29(27)20-31)57(52,53)44-37(40(50)56-2)19-25-3-13-33(46)14-4-25/h3-18,20-24,37-38,44-47H,19H2,1-2H3,(H,48,49)(H2,42,43,51)/t24?,37-,38-/m0/s1. The predicted molar refractivity (Wildman–Crippen MR) is 217 cm³/mol. The number of anilines is 2. The molecule has 0 aromatic heterocycles. The lowest BCUT2D eigenvalue weighted by atomic mass is 9.94. The number of carboxylic acid groups (broad SMARTS) is 1. The predicted octanol–water partition coefficient (Wildman–Crippen LogP) is 5.65. The van der Waals surface area contributed by atoms with Gasteiger partial charge < -0.3 is 30.7 Å². The van der Waals surface area contributed by atoms with Crippen molar-refractivity contribution >= 4 is 70.9 Å². The maximum Gasteiger partial charge on any atom is 0.324 e. The lowest BCUT2D eigenvalue weighted by molar-refractivity contribution is -0.142. The van der Waals surface area contributed by atoms with Gasteiger partial charge in [-0.25, -0.2) is 21.6 Å². The molecular formula is C41H38N4O11S2. The fraction of sp³-hybridized carbons (Fsp3) is 0.146. The number of rotatable bonds is 14. The number of carboxylic acids is 1. The first-order valence-electron chi connectivity index (χ1n) is 17.6. The molecule has 0 aliphatic heterocycles. The second-order valence-electron chi connectivity index (χ2n) is 13.4. The van der Waals surface area contributed by atoms with E-state index >= 15 is 0 Å². The fourth-order valence-electron chi connectivity index (χ4n) is 6.24. The number of carbonyl (C=O) groups excluding carboxylic acids is 2. The van der Waals surface area contributed by atoms with Crippen molar-refractivity contribution in [2.24, 2.45) is 0 Å². The minimum Gasteiger partial charge on any atom is -0.508 e. The number of carbonyl (C=O) groups is 3. The summed E-state index contributed by atoms with van der Waals surface area (Å²) in [6.07, 6.45) is -0.0345. The maximum atomic E-state index is 13.4. The van der Waals surface area contributed by atoms with Crippen LogP contribution < -0.4 is 20.1 Å². The number of methoxy groups -OCH3 is 1. The van der Waals surface area contributed by atoms with Crippen LogP contribution >= 0.6 is 0 Å². The lowest BCUT2D eigenvalue weighted by Crippen LogP contribution is -2.44. The minimum absolute atomic E-state index is 0.0160. The third-order valence-electron chi connectivity index (χ3n) is 9.39. The molecule has 6 aromatic carbocycles. The quantitative estimate of drug-likeness (QED) is 0.0663. The van der Waals surface area contributed by atoms with Crippen LogP contribution in [0.3, 0.4) is 0 Å². The summed E-state index contributed by atoms with van der Waals surface area (Å²) in [5, 5.41) is 36.7. The maximum absolute atomic E-state index is 13.4. The molecule has 0 bridgehead atoms. The molecule has 17 heteroatoms. The summed E-state index contributed by atoms with van der Waals surface area (Å²) < 4.78 is 63.2. The van der Waals surface area contributed by atoms with Crippen molar-refractivity contribution in [2.45, 2.75) is 41.1 Å². The normalized spacial score (nSPS) is 13.3. The zero-order chi connectivity index (χ0) is 41.8. The number of fused-ring (bicyclic) bond motifs is 2. The van der Waals surface area contributed by atoms with E-state index in [2.05, 4.69) is 20.1 Å². The smallest absolute Gasteiger partial charge is 0.324 e. The van der Waals surface area contributed by atoms with E-state index in [-0.39, 0.29) is 27.7 Å². The molecule has 300 valence electrons. The number of esters is 1. The van der Waals surface area contributed by atoms with Gasteiger partial charge in [-0.2, -0.15) is 9.44 Å². The molecular weight excluding hydrogens is 789 g/mol. The second-order valence-corrected chi connectivity index (χ2v) is 16.8. The Balaban J connectivity index is 1.15. The molecule has 6 rings (SSSR count). The van der Waals surface area contributed by atoms with Crippen molar-refractivity contribution in [3.63, 3.8) is 0 Å². The number of sulfonamides is 2. The van der Waals surface area contributed by atoms with E-state index in [0.717, 1.165) is 7.11 Å². The number of aliphatic carboxylic acids is 1. The van der Waals surface area contributed by atoms with Crippen LogP contribution in [0.2, 0.25) is 0 Å². The first-order chi connectivity index (χ1) is 27.5. The number of phenols is 2. The largest absolute Gasteiger partial charge is 0.508 e. The fourth-order valence-corrected chi connectivity index (χ4v) is 8.77. The molecule has 2 amide bonds. The molecule has 0 spiro atoms. The molecule has 0 aliphatic carbocycles. The van der Waals surface area contributed by atoms with Crippen LogP contribution in [0.15, 0.2) is 131 Å². The molecule has 58 heavy (non-hydrogen) atoms. The average Bonchev–Trinajstić information content (AvgIpc) is 3.19. The van der Waals surface area contributed by atoms with E-state index < -0.39 is 56.0 Å². The summed E-state index contributed by atoms with van der Waals surface area (Å²) in [5.41, 5.74) is 1.72. The summed E-state index contributed by atoms with van der Waals surface area (Å²) in [5.74, 6) is -2.97. The number of benzene rings is 6. The number of urea groups is 1. The lowest BCUT2D eigenvalue weighted by Gasteiger charge is -2.22. The van der Waals surface area contributed by atoms with Gasteiger partial charge in [0.15, 0.2) is 0 Å². The highest BCUT2D eigenvalue weighted by atomic mass is 32.2. The van der Waals surface area contributed by atoms with E-state index in [0.29, 0.717) is 44.0 Å². The van der Waals surface area contributed by atoms with Gasteiger partial charge in [0.1, 0.15) is 23.6 Å². The van der Waals surface area contributed by atoms with Gasteiger partial charge in [0, 0.05) is 17.3 Å². The first kappa shape index (κ1) is 41.1. The van der Waals surface area contributed by atoms with Crippen LogP contribution in [-0.2, 0) is 40.8 Å². The van der Waals surface area contributed by atoms with Gasteiger partial charge in [-0.15, -0.1) is 0 Å². The van der Waals surface area contributed by atoms with E-state index in [1.54, 1.807) is 67.6 Å². The molecule has 15 nitrogen and oxygen atoms in total. The highest BCUT2D eigenvalue weighted by Gasteiger charge is 2.32. The molecule has 0 radical (unpaired) electrons. The zero-order valence-electron chi connectivity index (χ0n) is 30.9. The topological polar surface area (TPSA) is 238 Å². The summed E-state index contributed by atoms with van der Waals surface area (Å²) >= 11 is 0. The van der Waals surface area contributed by atoms with Crippen molar-refractivity contribution in [1.29, 1.82) is 0 Å². The third-order valence-corrected chi connectivity index (χ3v) is 12.3. The van der Waals surface area contributed by atoms with Crippen molar-refractivity contribution < 1.29 is 51.3 Å². The number of nitrogens with one attached hydrogen (secondary N) is 4. The summed E-state index contributed by atoms with van der Waals surface area (Å²) in [4.78, 5) is 37.5. The molecule has 0 heterocycles. The van der Waals surface area contributed by atoms with Crippen LogP contribution in [-0.4, -0.2) is 69.3 Å². The Morgan fingerprint density at radius 2 is 1.09 bits per heavy atom. The number of amides is 2.